The van der Waals surface area contributed by atoms with Gasteiger partial charge in [-0.05, 0) is 25.5 Å². The van der Waals surface area contributed by atoms with Crippen LogP contribution in [-0.2, 0) is 0 Å². The van der Waals surface area contributed by atoms with Gasteiger partial charge in [0.2, 0.25) is 0 Å². The molecule has 0 spiro atoms. The number of halogens is 1. The lowest BCUT2D eigenvalue weighted by Gasteiger charge is -2.37. The van der Waals surface area contributed by atoms with Crippen molar-refractivity contribution < 1.29 is 4.79 Å². The van der Waals surface area contributed by atoms with E-state index in [9.17, 15) is 4.79 Å². The highest BCUT2D eigenvalue weighted by molar-refractivity contribution is 9.10. The molecule has 4 heteroatoms. The fraction of sp³-hybridized carbons (Fsp3) is 0.562. The van der Waals surface area contributed by atoms with Gasteiger partial charge >= 0.3 is 0 Å². The molecule has 1 aliphatic heterocycles. The summed E-state index contributed by atoms with van der Waals surface area (Å²) < 4.78 is 1.01. The van der Waals surface area contributed by atoms with Crippen molar-refractivity contribution >= 4 is 21.7 Å². The number of Topliss-reactive ketones (excluding diaryl/α,β-unsaturated/α-hetero) is 1. The summed E-state index contributed by atoms with van der Waals surface area (Å²) in [4.78, 5) is 17.0. The molecule has 1 fully saturated rings. The Balaban J connectivity index is 1.83. The first-order valence-corrected chi connectivity index (χ1v) is 8.14. The third kappa shape index (κ3) is 4.14. The maximum atomic E-state index is 12.2. The van der Waals surface area contributed by atoms with Crippen LogP contribution in [0.4, 0.5) is 0 Å². The average Bonchev–Trinajstić information content (AvgIpc) is 2.48. The molecule has 1 aromatic rings. The van der Waals surface area contributed by atoms with E-state index in [2.05, 4.69) is 39.6 Å². The first kappa shape index (κ1) is 15.7. The van der Waals surface area contributed by atoms with E-state index in [0.717, 1.165) is 36.2 Å². The fourth-order valence-electron chi connectivity index (χ4n) is 2.55. The van der Waals surface area contributed by atoms with Crippen LogP contribution in [0.1, 0.15) is 30.6 Å². The predicted octanol–water partition coefficient (Wildman–Crippen LogP) is 3.05. The van der Waals surface area contributed by atoms with Crippen LogP contribution in [-0.4, -0.2) is 54.3 Å². The first-order valence-electron chi connectivity index (χ1n) is 7.35. The lowest BCUT2D eigenvalue weighted by molar-refractivity contribution is 0.0784. The van der Waals surface area contributed by atoms with Crippen LogP contribution < -0.4 is 0 Å². The second kappa shape index (κ2) is 7.34. The van der Waals surface area contributed by atoms with Crippen molar-refractivity contribution in [3.05, 3.63) is 34.3 Å². The molecule has 0 aliphatic carbocycles. The predicted molar refractivity (Wildman–Crippen MR) is 86.2 cm³/mol. The average molecular weight is 339 g/mol. The number of rotatable bonds is 5. The van der Waals surface area contributed by atoms with Gasteiger partial charge < -0.3 is 0 Å². The van der Waals surface area contributed by atoms with Crippen LogP contribution in [0.15, 0.2) is 28.7 Å². The zero-order valence-corrected chi connectivity index (χ0v) is 13.9. The van der Waals surface area contributed by atoms with E-state index >= 15 is 0 Å². The van der Waals surface area contributed by atoms with Crippen molar-refractivity contribution in [2.24, 2.45) is 0 Å². The van der Waals surface area contributed by atoms with Crippen LogP contribution in [0.25, 0.3) is 0 Å². The summed E-state index contributed by atoms with van der Waals surface area (Å²) in [6, 6.07) is 8.28. The molecule has 1 heterocycles. The van der Waals surface area contributed by atoms with Crippen LogP contribution in [0.2, 0.25) is 0 Å². The fourth-order valence-corrected chi connectivity index (χ4v) is 2.81. The van der Waals surface area contributed by atoms with Crippen molar-refractivity contribution in [1.82, 2.24) is 9.80 Å². The molecule has 0 amide bonds. The highest BCUT2D eigenvalue weighted by Crippen LogP contribution is 2.13. The Bertz CT molecular complexity index is 438. The summed E-state index contributed by atoms with van der Waals surface area (Å²) in [6.45, 7) is 9.18. The molecule has 1 saturated heterocycles. The molecule has 1 unspecified atom stereocenters. The molecule has 1 aliphatic rings. The van der Waals surface area contributed by atoms with E-state index < -0.39 is 0 Å². The summed E-state index contributed by atoms with van der Waals surface area (Å²) in [7, 11) is 0. The Morgan fingerprint density at radius 2 is 1.80 bits per heavy atom. The number of carbonyl (C=O) groups is 1. The monoisotopic (exact) mass is 338 g/mol. The zero-order valence-electron chi connectivity index (χ0n) is 12.3. The van der Waals surface area contributed by atoms with E-state index in [1.165, 1.54) is 6.42 Å². The summed E-state index contributed by atoms with van der Waals surface area (Å²) >= 11 is 3.39. The SMILES string of the molecule is CCC(C)N1CCN(CC(=O)c2ccc(Br)cc2)CC1. The minimum atomic E-state index is 0.217. The van der Waals surface area contributed by atoms with Gasteiger partial charge in [-0.3, -0.25) is 14.6 Å². The highest BCUT2D eigenvalue weighted by Gasteiger charge is 2.21. The Morgan fingerprint density at radius 1 is 1.20 bits per heavy atom. The van der Waals surface area contributed by atoms with Gasteiger partial charge in [0.1, 0.15) is 0 Å². The van der Waals surface area contributed by atoms with Gasteiger partial charge in [-0.25, -0.2) is 0 Å². The summed E-state index contributed by atoms with van der Waals surface area (Å²) in [5, 5.41) is 0. The highest BCUT2D eigenvalue weighted by atomic mass is 79.9. The van der Waals surface area contributed by atoms with Crippen molar-refractivity contribution in [2.75, 3.05) is 32.7 Å². The van der Waals surface area contributed by atoms with E-state index in [-0.39, 0.29) is 5.78 Å². The van der Waals surface area contributed by atoms with Gasteiger partial charge in [-0.15, -0.1) is 0 Å². The molecule has 20 heavy (non-hydrogen) atoms. The number of nitrogens with zero attached hydrogens (tertiary/aromatic N) is 2. The van der Waals surface area contributed by atoms with Gasteiger partial charge in [-0.1, -0.05) is 35.0 Å². The van der Waals surface area contributed by atoms with Gasteiger partial charge in [-0.2, -0.15) is 0 Å². The summed E-state index contributed by atoms with van der Waals surface area (Å²) in [5.74, 6) is 0.217. The molecule has 0 saturated carbocycles. The second-order valence-corrected chi connectivity index (χ2v) is 6.42. The Kier molecular flexibility index (Phi) is 5.75. The maximum absolute atomic E-state index is 12.2. The van der Waals surface area contributed by atoms with E-state index in [1.807, 2.05) is 24.3 Å². The first-order chi connectivity index (χ1) is 9.60. The normalized spacial score (nSPS) is 18.9. The molecule has 0 bridgehead atoms. The Hall–Kier alpha value is -0.710. The molecular formula is C16H23BrN2O. The van der Waals surface area contributed by atoms with Crippen molar-refractivity contribution in [1.29, 1.82) is 0 Å². The van der Waals surface area contributed by atoms with Crippen LogP contribution in [0, 0.1) is 0 Å². The molecule has 1 atom stereocenters. The number of hydrogen-bond acceptors (Lipinski definition) is 3. The molecule has 0 N–H and O–H groups in total. The number of ketones is 1. The van der Waals surface area contributed by atoms with Crippen LogP contribution in [0.5, 0.6) is 0 Å². The van der Waals surface area contributed by atoms with Gasteiger partial charge in [0.15, 0.2) is 5.78 Å². The molecule has 0 radical (unpaired) electrons. The van der Waals surface area contributed by atoms with E-state index in [4.69, 9.17) is 0 Å². The quantitative estimate of drug-likeness (QED) is 0.771. The zero-order chi connectivity index (χ0) is 14.5. The lowest BCUT2D eigenvalue weighted by Crippen LogP contribution is -2.50. The van der Waals surface area contributed by atoms with E-state index in [0.29, 0.717) is 12.6 Å². The molecule has 1 aromatic carbocycles. The molecule has 2 rings (SSSR count). The van der Waals surface area contributed by atoms with E-state index in [1.54, 1.807) is 0 Å². The van der Waals surface area contributed by atoms with Gasteiger partial charge in [0, 0.05) is 42.3 Å². The minimum Gasteiger partial charge on any atom is -0.298 e. The summed E-state index contributed by atoms with van der Waals surface area (Å²) in [5.41, 5.74) is 0.803. The second-order valence-electron chi connectivity index (χ2n) is 5.50. The number of piperazine rings is 1. The van der Waals surface area contributed by atoms with Gasteiger partial charge in [0.05, 0.1) is 6.54 Å². The lowest BCUT2D eigenvalue weighted by atomic mass is 10.1. The Labute approximate surface area is 130 Å². The van der Waals surface area contributed by atoms with Crippen LogP contribution >= 0.6 is 15.9 Å². The number of hydrogen-bond donors (Lipinski definition) is 0. The van der Waals surface area contributed by atoms with Gasteiger partial charge in [0.25, 0.3) is 0 Å². The van der Waals surface area contributed by atoms with Crippen molar-refractivity contribution in [3.8, 4) is 0 Å². The van der Waals surface area contributed by atoms with Crippen LogP contribution in [0.3, 0.4) is 0 Å². The smallest absolute Gasteiger partial charge is 0.176 e. The number of carbonyl (C=O) groups excluding carboxylic acids is 1. The summed E-state index contributed by atoms with van der Waals surface area (Å²) in [6.07, 6.45) is 1.19. The Morgan fingerprint density at radius 3 is 2.35 bits per heavy atom. The van der Waals surface area contributed by atoms with Crippen molar-refractivity contribution in [3.63, 3.8) is 0 Å². The topological polar surface area (TPSA) is 23.6 Å². The standard InChI is InChI=1S/C16H23BrN2O/c1-3-13(2)19-10-8-18(9-11-19)12-16(20)14-4-6-15(17)7-5-14/h4-7,13H,3,8-12H2,1-2H3. The van der Waals surface area contributed by atoms with Crippen molar-refractivity contribution in [2.45, 2.75) is 26.3 Å². The third-order valence-corrected chi connectivity index (χ3v) is 4.68. The molecule has 110 valence electrons. The molecular weight excluding hydrogens is 316 g/mol. The third-order valence-electron chi connectivity index (χ3n) is 4.15. The largest absolute Gasteiger partial charge is 0.298 e. The number of benzene rings is 1. The minimum absolute atomic E-state index is 0.217. The molecule has 3 nitrogen and oxygen atoms in total. The maximum Gasteiger partial charge on any atom is 0.176 e. The molecule has 0 aromatic heterocycles.